The Morgan fingerprint density at radius 1 is 0.857 bits per heavy atom. The lowest BCUT2D eigenvalue weighted by atomic mass is 10.1. The van der Waals surface area contributed by atoms with E-state index in [1.54, 1.807) is 13.8 Å². The number of nitrogens with zero attached hydrogens (tertiary/aromatic N) is 3. The molecule has 0 fully saturated rings. The lowest BCUT2D eigenvalue weighted by molar-refractivity contribution is -0.399. The van der Waals surface area contributed by atoms with Gasteiger partial charge in [0.15, 0.2) is 17.1 Å². The van der Waals surface area contributed by atoms with Gasteiger partial charge in [-0.25, -0.2) is 0 Å². The number of anilines is 3. The van der Waals surface area contributed by atoms with E-state index in [1.165, 1.54) is 0 Å². The van der Waals surface area contributed by atoms with Crippen molar-refractivity contribution >= 4 is 34.1 Å². The van der Waals surface area contributed by atoms with Crippen LogP contribution >= 0.6 is 0 Å². The molecule has 0 amide bonds. The van der Waals surface area contributed by atoms with Crippen LogP contribution in [0.5, 0.6) is 0 Å². The minimum absolute atomic E-state index is 0.428. The van der Waals surface area contributed by atoms with Gasteiger partial charge in [-0.15, -0.1) is 0 Å². The van der Waals surface area contributed by atoms with Crippen molar-refractivity contribution in [2.75, 3.05) is 16.8 Å². The molecule has 0 saturated carbocycles. The Kier molecular flexibility index (Phi) is 4.11. The van der Waals surface area contributed by atoms with Gasteiger partial charge in [-0.05, 0) is 13.8 Å². The van der Waals surface area contributed by atoms with Crippen molar-refractivity contribution in [3.05, 3.63) is 30.3 Å². The van der Waals surface area contributed by atoms with Crippen LogP contribution in [0.15, 0.2) is 0 Å². The van der Waals surface area contributed by atoms with E-state index in [0.29, 0.717) is 0 Å². The Hall–Kier alpha value is -3.18. The minimum Gasteiger partial charge on any atom is -0.387 e. The zero-order chi connectivity index (χ0) is 16.5. The van der Waals surface area contributed by atoms with Gasteiger partial charge in [0.1, 0.15) is 0 Å². The standard InChI is InChI=1S/C9H12N6O6/c1-3(2)12-6-8(14(18)19)4(10)7(13(16)17)5(11)9(6)15(20)21/h3,12H,10-11H2,1-2H3. The molecule has 21 heavy (non-hydrogen) atoms. The molecule has 1 aromatic rings. The summed E-state index contributed by atoms with van der Waals surface area (Å²) in [6, 6.07) is -0.428. The fourth-order valence-electron chi connectivity index (χ4n) is 1.75. The third-order valence-corrected chi connectivity index (χ3v) is 2.47. The fraction of sp³-hybridized carbons (Fsp3) is 0.333. The van der Waals surface area contributed by atoms with Gasteiger partial charge in [0.2, 0.25) is 0 Å². The summed E-state index contributed by atoms with van der Waals surface area (Å²) >= 11 is 0. The van der Waals surface area contributed by atoms with Gasteiger partial charge < -0.3 is 16.8 Å². The van der Waals surface area contributed by atoms with E-state index in [1.807, 2.05) is 0 Å². The van der Waals surface area contributed by atoms with Crippen LogP contribution in [0.4, 0.5) is 34.1 Å². The first-order valence-corrected chi connectivity index (χ1v) is 5.54. The number of nitro groups is 3. The molecule has 0 heterocycles. The molecule has 0 atom stereocenters. The second kappa shape index (κ2) is 5.44. The predicted molar refractivity (Wildman–Crippen MR) is 74.0 cm³/mol. The zero-order valence-corrected chi connectivity index (χ0v) is 11.0. The number of hydrogen-bond donors (Lipinski definition) is 3. The van der Waals surface area contributed by atoms with Crippen LogP contribution in [0.1, 0.15) is 13.8 Å². The lowest BCUT2D eigenvalue weighted by Crippen LogP contribution is -2.16. The van der Waals surface area contributed by atoms with E-state index in [-0.39, 0.29) is 0 Å². The Bertz CT molecular complexity index is 601. The summed E-state index contributed by atoms with van der Waals surface area (Å²) in [5.41, 5.74) is 5.63. The van der Waals surface area contributed by atoms with E-state index < -0.39 is 54.9 Å². The SMILES string of the molecule is CC(C)Nc1c([N+](=O)[O-])c(N)c([N+](=O)[O-])c(N)c1[N+](=O)[O-]. The Morgan fingerprint density at radius 3 is 1.43 bits per heavy atom. The second-order valence-electron chi connectivity index (χ2n) is 4.32. The highest BCUT2D eigenvalue weighted by atomic mass is 16.6. The summed E-state index contributed by atoms with van der Waals surface area (Å²) in [4.78, 5) is 29.9. The van der Waals surface area contributed by atoms with Crippen LogP contribution in [0, 0.1) is 30.3 Å². The average Bonchev–Trinajstić information content (AvgIpc) is 2.25. The summed E-state index contributed by atoms with van der Waals surface area (Å²) in [6.45, 7) is 3.14. The number of hydrogen-bond acceptors (Lipinski definition) is 9. The van der Waals surface area contributed by atoms with Gasteiger partial charge in [0.25, 0.3) is 0 Å². The Labute approximate surface area is 117 Å². The number of rotatable bonds is 5. The van der Waals surface area contributed by atoms with Crippen LogP contribution in [0.3, 0.4) is 0 Å². The summed E-state index contributed by atoms with van der Waals surface area (Å²) in [5, 5.41) is 35.6. The Morgan fingerprint density at radius 2 is 1.19 bits per heavy atom. The van der Waals surface area contributed by atoms with Crippen molar-refractivity contribution in [1.82, 2.24) is 0 Å². The third-order valence-electron chi connectivity index (χ3n) is 2.47. The average molecular weight is 300 g/mol. The number of benzene rings is 1. The van der Waals surface area contributed by atoms with Gasteiger partial charge in [-0.2, -0.15) is 0 Å². The quantitative estimate of drug-likeness (QED) is 0.409. The number of nitrogens with one attached hydrogen (secondary N) is 1. The normalized spacial score (nSPS) is 10.4. The molecule has 0 bridgehead atoms. The third kappa shape index (κ3) is 2.72. The molecule has 0 aliphatic carbocycles. The van der Waals surface area contributed by atoms with Crippen molar-refractivity contribution in [3.63, 3.8) is 0 Å². The first-order valence-electron chi connectivity index (χ1n) is 5.54. The number of nitrogen functional groups attached to an aromatic ring is 2. The van der Waals surface area contributed by atoms with E-state index in [0.717, 1.165) is 0 Å². The summed E-state index contributed by atoms with van der Waals surface area (Å²) < 4.78 is 0. The first-order chi connectivity index (χ1) is 9.59. The maximum Gasteiger partial charge on any atom is 0.329 e. The predicted octanol–water partition coefficient (Wildman–Crippen LogP) is 1.40. The number of nitrogens with two attached hydrogens (primary N) is 2. The van der Waals surface area contributed by atoms with Gasteiger partial charge >= 0.3 is 17.1 Å². The van der Waals surface area contributed by atoms with E-state index in [4.69, 9.17) is 11.5 Å². The number of nitro benzene ring substituents is 3. The fourth-order valence-corrected chi connectivity index (χ4v) is 1.75. The summed E-state index contributed by atoms with van der Waals surface area (Å²) in [6.07, 6.45) is 0. The van der Waals surface area contributed by atoms with Crippen LogP contribution in [0.25, 0.3) is 0 Å². The Balaban J connectivity index is 3.95. The van der Waals surface area contributed by atoms with Gasteiger partial charge in [-0.3, -0.25) is 30.3 Å². The van der Waals surface area contributed by atoms with Crippen molar-refractivity contribution in [3.8, 4) is 0 Å². The zero-order valence-electron chi connectivity index (χ0n) is 11.0. The molecule has 5 N–H and O–H groups in total. The van der Waals surface area contributed by atoms with Crippen LogP contribution < -0.4 is 16.8 Å². The smallest absolute Gasteiger partial charge is 0.329 e. The van der Waals surface area contributed by atoms with Gasteiger partial charge in [0, 0.05) is 6.04 Å². The highest BCUT2D eigenvalue weighted by Gasteiger charge is 2.40. The molecular weight excluding hydrogens is 288 g/mol. The highest BCUT2D eigenvalue weighted by molar-refractivity contribution is 5.98. The molecule has 0 aromatic heterocycles. The van der Waals surface area contributed by atoms with Crippen molar-refractivity contribution in [2.24, 2.45) is 0 Å². The molecule has 0 spiro atoms. The van der Waals surface area contributed by atoms with Crippen LogP contribution in [-0.2, 0) is 0 Å². The second-order valence-corrected chi connectivity index (χ2v) is 4.32. The van der Waals surface area contributed by atoms with E-state index in [2.05, 4.69) is 5.32 Å². The van der Waals surface area contributed by atoms with E-state index >= 15 is 0 Å². The largest absolute Gasteiger partial charge is 0.387 e. The molecule has 1 rings (SSSR count). The molecule has 1 aromatic carbocycles. The van der Waals surface area contributed by atoms with Crippen molar-refractivity contribution < 1.29 is 14.8 Å². The monoisotopic (exact) mass is 300 g/mol. The molecule has 0 aliphatic heterocycles. The van der Waals surface area contributed by atoms with Crippen molar-refractivity contribution in [2.45, 2.75) is 19.9 Å². The minimum atomic E-state index is -1.09. The molecule has 12 nitrogen and oxygen atoms in total. The molecule has 12 heteroatoms. The molecule has 0 saturated heterocycles. The maximum absolute atomic E-state index is 11.1. The first kappa shape index (κ1) is 15.9. The molecule has 0 unspecified atom stereocenters. The molecule has 114 valence electrons. The van der Waals surface area contributed by atoms with Crippen molar-refractivity contribution in [1.29, 1.82) is 0 Å². The molecule has 0 aliphatic rings. The van der Waals surface area contributed by atoms with Crippen LogP contribution in [0.2, 0.25) is 0 Å². The maximum atomic E-state index is 11.1. The summed E-state index contributed by atoms with van der Waals surface area (Å²) in [5.74, 6) is 0. The van der Waals surface area contributed by atoms with E-state index in [9.17, 15) is 30.3 Å². The summed E-state index contributed by atoms with van der Waals surface area (Å²) in [7, 11) is 0. The van der Waals surface area contributed by atoms with Crippen LogP contribution in [-0.4, -0.2) is 20.8 Å². The molecule has 0 radical (unpaired) electrons. The highest BCUT2D eigenvalue weighted by Crippen LogP contribution is 2.50. The lowest BCUT2D eigenvalue weighted by Gasteiger charge is -2.13. The van der Waals surface area contributed by atoms with Gasteiger partial charge in [0.05, 0.1) is 14.8 Å². The van der Waals surface area contributed by atoms with Gasteiger partial charge in [-0.1, -0.05) is 0 Å². The topological polar surface area (TPSA) is 193 Å². The molecular formula is C9H12N6O6.